The number of nitrogens with one attached hydrogen (secondary N) is 2. The molecule has 160 valence electrons. The molecule has 3 atom stereocenters. The Morgan fingerprint density at radius 3 is 2.57 bits per heavy atom. The maximum absolute atomic E-state index is 12.7. The van der Waals surface area contributed by atoms with Gasteiger partial charge in [0.05, 0.1) is 0 Å². The number of hydrogen-bond acceptors (Lipinski definition) is 4. The summed E-state index contributed by atoms with van der Waals surface area (Å²) in [6.45, 7) is 7.35. The lowest BCUT2D eigenvalue weighted by Gasteiger charge is -2.32. The fourth-order valence-corrected chi connectivity index (χ4v) is 4.50. The molecule has 1 unspecified atom stereocenters. The van der Waals surface area contributed by atoms with E-state index < -0.39 is 5.69 Å². The number of aromatic nitrogens is 4. The molecule has 0 aliphatic carbocycles. The SMILES string of the molecule is C[C@@H]1C[NH+](Cc2nc3c(c(=O)[nH]c(=O)n3C)n2CCCc2ccccc2)C[C@H](C)O1. The van der Waals surface area contributed by atoms with Crippen LogP contribution in [-0.2, 0) is 31.3 Å². The van der Waals surface area contributed by atoms with E-state index in [1.54, 1.807) is 7.05 Å². The van der Waals surface area contributed by atoms with Crippen molar-refractivity contribution >= 4 is 11.2 Å². The molecule has 2 N–H and O–H groups in total. The Kier molecular flexibility index (Phi) is 5.87. The molecule has 3 aromatic rings. The van der Waals surface area contributed by atoms with Crippen LogP contribution in [-0.4, -0.2) is 44.4 Å². The lowest BCUT2D eigenvalue weighted by atomic mass is 10.1. The van der Waals surface area contributed by atoms with Gasteiger partial charge in [-0.3, -0.25) is 14.3 Å². The van der Waals surface area contributed by atoms with E-state index in [4.69, 9.17) is 9.72 Å². The van der Waals surface area contributed by atoms with Crippen molar-refractivity contribution < 1.29 is 9.64 Å². The number of imidazole rings is 1. The van der Waals surface area contributed by atoms with Crippen molar-refractivity contribution in [2.45, 2.75) is 52.0 Å². The van der Waals surface area contributed by atoms with Crippen LogP contribution in [0.2, 0.25) is 0 Å². The van der Waals surface area contributed by atoms with Crippen LogP contribution in [0.15, 0.2) is 39.9 Å². The van der Waals surface area contributed by atoms with Gasteiger partial charge in [0.15, 0.2) is 17.0 Å². The second-order valence-electron chi connectivity index (χ2n) is 8.35. The molecule has 0 amide bonds. The molecular weight excluding hydrogens is 382 g/mol. The first-order chi connectivity index (χ1) is 14.4. The van der Waals surface area contributed by atoms with E-state index in [0.717, 1.165) is 31.8 Å². The number of morpholine rings is 1. The van der Waals surface area contributed by atoms with Crippen LogP contribution >= 0.6 is 0 Å². The van der Waals surface area contributed by atoms with Gasteiger partial charge in [0, 0.05) is 13.6 Å². The first kappa shape index (κ1) is 20.6. The topological polar surface area (TPSA) is 86.4 Å². The quantitative estimate of drug-likeness (QED) is 0.608. The molecule has 0 radical (unpaired) electrons. The highest BCUT2D eigenvalue weighted by atomic mass is 16.5. The van der Waals surface area contributed by atoms with Gasteiger partial charge in [-0.15, -0.1) is 0 Å². The third-order valence-corrected chi connectivity index (χ3v) is 5.80. The number of hydrogen-bond donors (Lipinski definition) is 2. The Balaban J connectivity index is 1.66. The van der Waals surface area contributed by atoms with E-state index in [1.165, 1.54) is 15.0 Å². The predicted molar refractivity (Wildman–Crippen MR) is 115 cm³/mol. The number of fused-ring (bicyclic) bond motifs is 1. The second-order valence-corrected chi connectivity index (χ2v) is 8.35. The minimum Gasteiger partial charge on any atom is -0.364 e. The van der Waals surface area contributed by atoms with E-state index in [2.05, 4.69) is 31.0 Å². The van der Waals surface area contributed by atoms with Crippen molar-refractivity contribution in [3.05, 3.63) is 62.6 Å². The zero-order valence-corrected chi connectivity index (χ0v) is 17.9. The van der Waals surface area contributed by atoms with Crippen LogP contribution < -0.4 is 16.1 Å². The standard InChI is InChI=1S/C22H29N5O3/c1-15-12-26(13-16(2)30-15)14-18-23-20-19(21(28)24-22(29)25(20)3)27(18)11-7-10-17-8-5-4-6-9-17/h4-6,8-9,15-16H,7,10-14H2,1-3H3,(H,24,28,29)/p+1/t15-,16+. The van der Waals surface area contributed by atoms with Gasteiger partial charge in [-0.25, -0.2) is 9.78 Å². The number of quaternary nitrogens is 1. The molecule has 0 saturated carbocycles. The number of rotatable bonds is 6. The highest BCUT2D eigenvalue weighted by Crippen LogP contribution is 2.13. The van der Waals surface area contributed by atoms with Crippen LogP contribution in [0.3, 0.4) is 0 Å². The Bertz CT molecular complexity index is 1120. The average Bonchev–Trinajstić information content (AvgIpc) is 3.05. The van der Waals surface area contributed by atoms with Gasteiger partial charge in [-0.05, 0) is 32.3 Å². The van der Waals surface area contributed by atoms with E-state index >= 15 is 0 Å². The van der Waals surface area contributed by atoms with Gasteiger partial charge in [-0.2, -0.15) is 0 Å². The Hall–Kier alpha value is -2.71. The number of ether oxygens (including phenoxy) is 1. The van der Waals surface area contributed by atoms with Gasteiger partial charge in [-0.1, -0.05) is 30.3 Å². The molecule has 4 rings (SSSR count). The fourth-order valence-electron chi connectivity index (χ4n) is 4.50. The third-order valence-electron chi connectivity index (χ3n) is 5.80. The van der Waals surface area contributed by atoms with Gasteiger partial charge in [0.2, 0.25) is 0 Å². The Labute approximate surface area is 175 Å². The summed E-state index contributed by atoms with van der Waals surface area (Å²) in [4.78, 5) is 33.3. The molecule has 8 heteroatoms. The minimum atomic E-state index is -0.436. The van der Waals surface area contributed by atoms with E-state index in [-0.39, 0.29) is 17.8 Å². The lowest BCUT2D eigenvalue weighted by Crippen LogP contribution is -3.14. The smallest absolute Gasteiger partial charge is 0.329 e. The monoisotopic (exact) mass is 412 g/mol. The van der Waals surface area contributed by atoms with Crippen molar-refractivity contribution in [3.8, 4) is 0 Å². The molecule has 1 aliphatic heterocycles. The summed E-state index contributed by atoms with van der Waals surface area (Å²) in [5, 5.41) is 0. The van der Waals surface area contributed by atoms with Crippen LogP contribution in [0.1, 0.15) is 31.7 Å². The molecule has 1 aromatic carbocycles. The summed E-state index contributed by atoms with van der Waals surface area (Å²) in [5.74, 6) is 0.848. The fraction of sp³-hybridized carbons (Fsp3) is 0.500. The highest BCUT2D eigenvalue weighted by Gasteiger charge is 2.28. The van der Waals surface area contributed by atoms with Crippen molar-refractivity contribution in [3.63, 3.8) is 0 Å². The van der Waals surface area contributed by atoms with Gasteiger partial charge >= 0.3 is 5.69 Å². The summed E-state index contributed by atoms with van der Waals surface area (Å²) in [5.41, 5.74) is 1.39. The summed E-state index contributed by atoms with van der Waals surface area (Å²) in [6, 6.07) is 10.3. The zero-order chi connectivity index (χ0) is 21.3. The predicted octanol–water partition coefficient (Wildman–Crippen LogP) is 0.248. The van der Waals surface area contributed by atoms with Gasteiger partial charge < -0.3 is 14.2 Å². The van der Waals surface area contributed by atoms with Crippen molar-refractivity contribution in [2.75, 3.05) is 13.1 Å². The first-order valence-corrected chi connectivity index (χ1v) is 10.6. The van der Waals surface area contributed by atoms with Crippen LogP contribution in [0.4, 0.5) is 0 Å². The normalized spacial score (nSPS) is 21.9. The molecule has 8 nitrogen and oxygen atoms in total. The molecule has 0 bridgehead atoms. The number of aryl methyl sites for hydroxylation is 3. The summed E-state index contributed by atoms with van der Waals surface area (Å²) in [7, 11) is 1.65. The molecule has 3 heterocycles. The zero-order valence-electron chi connectivity index (χ0n) is 17.9. The van der Waals surface area contributed by atoms with Crippen molar-refractivity contribution in [1.82, 2.24) is 19.1 Å². The first-order valence-electron chi connectivity index (χ1n) is 10.6. The molecule has 2 aromatic heterocycles. The Morgan fingerprint density at radius 1 is 1.17 bits per heavy atom. The minimum absolute atomic E-state index is 0.187. The molecular formula is C22H30N5O3+. The van der Waals surface area contributed by atoms with Crippen molar-refractivity contribution in [1.29, 1.82) is 0 Å². The van der Waals surface area contributed by atoms with E-state index in [0.29, 0.717) is 24.3 Å². The summed E-state index contributed by atoms with van der Waals surface area (Å²) in [6.07, 6.45) is 2.18. The number of nitrogens with zero attached hydrogens (tertiary/aromatic N) is 3. The maximum atomic E-state index is 12.7. The summed E-state index contributed by atoms with van der Waals surface area (Å²) >= 11 is 0. The van der Waals surface area contributed by atoms with Crippen molar-refractivity contribution in [2.24, 2.45) is 7.05 Å². The average molecular weight is 413 g/mol. The Morgan fingerprint density at radius 2 is 1.87 bits per heavy atom. The second kappa shape index (κ2) is 8.57. The number of benzene rings is 1. The van der Waals surface area contributed by atoms with Crippen LogP contribution in [0, 0.1) is 0 Å². The molecule has 1 aliphatic rings. The maximum Gasteiger partial charge on any atom is 0.329 e. The van der Waals surface area contributed by atoms with Crippen LogP contribution in [0.5, 0.6) is 0 Å². The number of H-pyrrole nitrogens is 1. The molecule has 30 heavy (non-hydrogen) atoms. The lowest BCUT2D eigenvalue weighted by molar-refractivity contribution is -0.929. The van der Waals surface area contributed by atoms with Crippen LogP contribution in [0.25, 0.3) is 11.2 Å². The van der Waals surface area contributed by atoms with Gasteiger partial charge in [0.1, 0.15) is 31.8 Å². The third kappa shape index (κ3) is 4.24. The number of aromatic amines is 1. The van der Waals surface area contributed by atoms with E-state index in [1.807, 2.05) is 22.8 Å². The highest BCUT2D eigenvalue weighted by molar-refractivity contribution is 5.70. The molecule has 0 spiro atoms. The molecule has 1 saturated heterocycles. The van der Waals surface area contributed by atoms with Gasteiger partial charge in [0.25, 0.3) is 5.56 Å². The summed E-state index contributed by atoms with van der Waals surface area (Å²) < 4.78 is 9.30. The molecule has 1 fully saturated rings. The largest absolute Gasteiger partial charge is 0.364 e. The van der Waals surface area contributed by atoms with E-state index in [9.17, 15) is 9.59 Å².